The molecule has 0 aliphatic rings. The zero-order valence-electron chi connectivity index (χ0n) is 10.6. The van der Waals surface area contributed by atoms with E-state index < -0.39 is 10.0 Å². The van der Waals surface area contributed by atoms with Crippen LogP contribution in [0.15, 0.2) is 53.7 Å². The van der Waals surface area contributed by atoms with E-state index in [1.165, 1.54) is 18.3 Å². The molecule has 1 aromatic carbocycles. The number of aromatic nitrogens is 1. The number of nitrogens with one attached hydrogen (secondary N) is 1. The molecule has 20 heavy (non-hydrogen) atoms. The van der Waals surface area contributed by atoms with Gasteiger partial charge in [-0.2, -0.15) is 0 Å². The van der Waals surface area contributed by atoms with Gasteiger partial charge < -0.3 is 5.73 Å². The maximum atomic E-state index is 12.2. The van der Waals surface area contributed by atoms with Gasteiger partial charge >= 0.3 is 0 Å². The van der Waals surface area contributed by atoms with E-state index in [2.05, 4.69) is 21.5 Å². The molecule has 0 aliphatic heterocycles. The molecule has 0 atom stereocenters. The SMILES string of the molecule is NCC#Cc1cccc(S(=O)(=O)Nc2cccnc2)c1. The van der Waals surface area contributed by atoms with Crippen LogP contribution in [0.2, 0.25) is 0 Å². The molecule has 0 unspecified atom stereocenters. The van der Waals surface area contributed by atoms with E-state index in [4.69, 9.17) is 5.73 Å². The Morgan fingerprint density at radius 3 is 2.80 bits per heavy atom. The number of benzene rings is 1. The van der Waals surface area contributed by atoms with Crippen molar-refractivity contribution in [1.29, 1.82) is 0 Å². The lowest BCUT2D eigenvalue weighted by Crippen LogP contribution is -2.13. The number of hydrogen-bond acceptors (Lipinski definition) is 4. The fraction of sp³-hybridized carbons (Fsp3) is 0.0714. The molecule has 5 nitrogen and oxygen atoms in total. The van der Waals surface area contributed by atoms with Crippen molar-refractivity contribution in [1.82, 2.24) is 4.98 Å². The van der Waals surface area contributed by atoms with Gasteiger partial charge in [-0.15, -0.1) is 0 Å². The number of nitrogens with zero attached hydrogens (tertiary/aromatic N) is 1. The molecule has 6 heteroatoms. The lowest BCUT2D eigenvalue weighted by molar-refractivity contribution is 0.601. The summed E-state index contributed by atoms with van der Waals surface area (Å²) >= 11 is 0. The molecule has 0 bridgehead atoms. The van der Waals surface area contributed by atoms with Crippen molar-refractivity contribution >= 4 is 15.7 Å². The molecule has 1 heterocycles. The van der Waals surface area contributed by atoms with Gasteiger partial charge in [-0.3, -0.25) is 9.71 Å². The number of rotatable bonds is 3. The van der Waals surface area contributed by atoms with Gasteiger partial charge in [0.1, 0.15) is 0 Å². The lowest BCUT2D eigenvalue weighted by Gasteiger charge is -2.07. The minimum atomic E-state index is -3.65. The lowest BCUT2D eigenvalue weighted by atomic mass is 10.2. The fourth-order valence-corrected chi connectivity index (χ4v) is 2.62. The van der Waals surface area contributed by atoms with E-state index in [9.17, 15) is 8.42 Å². The van der Waals surface area contributed by atoms with Crippen LogP contribution in [0, 0.1) is 11.8 Å². The summed E-state index contributed by atoms with van der Waals surface area (Å²) in [6.07, 6.45) is 3.01. The fourth-order valence-electron chi connectivity index (χ4n) is 1.53. The van der Waals surface area contributed by atoms with Crippen LogP contribution in [0.1, 0.15) is 5.56 Å². The maximum absolute atomic E-state index is 12.2. The first kappa shape index (κ1) is 14.1. The Morgan fingerprint density at radius 1 is 1.25 bits per heavy atom. The molecule has 0 saturated heterocycles. The third kappa shape index (κ3) is 3.57. The summed E-state index contributed by atoms with van der Waals surface area (Å²) in [6.45, 7) is 0.227. The van der Waals surface area contributed by atoms with Gasteiger partial charge in [0.25, 0.3) is 10.0 Å². The average molecular weight is 287 g/mol. The number of pyridine rings is 1. The molecule has 2 aromatic rings. The van der Waals surface area contributed by atoms with Gasteiger partial charge in [0.05, 0.1) is 23.3 Å². The Morgan fingerprint density at radius 2 is 2.10 bits per heavy atom. The molecule has 0 aliphatic carbocycles. The van der Waals surface area contributed by atoms with Crippen LogP contribution in [0.3, 0.4) is 0 Å². The van der Waals surface area contributed by atoms with Crippen LogP contribution in [0.5, 0.6) is 0 Å². The highest BCUT2D eigenvalue weighted by atomic mass is 32.2. The maximum Gasteiger partial charge on any atom is 0.261 e. The van der Waals surface area contributed by atoms with Gasteiger partial charge in [-0.05, 0) is 30.3 Å². The summed E-state index contributed by atoms with van der Waals surface area (Å²) in [5.41, 5.74) is 6.30. The van der Waals surface area contributed by atoms with Gasteiger partial charge in [-0.25, -0.2) is 8.42 Å². The monoisotopic (exact) mass is 287 g/mol. The third-order valence-corrected chi connectivity index (χ3v) is 3.77. The molecule has 0 amide bonds. The molecular weight excluding hydrogens is 274 g/mol. The van der Waals surface area contributed by atoms with Crippen molar-refractivity contribution in [2.24, 2.45) is 5.73 Å². The molecule has 0 spiro atoms. The van der Waals surface area contributed by atoms with Crippen molar-refractivity contribution in [3.63, 3.8) is 0 Å². The summed E-state index contributed by atoms with van der Waals surface area (Å²) < 4.78 is 26.9. The van der Waals surface area contributed by atoms with Crippen molar-refractivity contribution in [2.75, 3.05) is 11.3 Å². The van der Waals surface area contributed by atoms with Gasteiger partial charge in [-0.1, -0.05) is 17.9 Å². The van der Waals surface area contributed by atoms with Crippen molar-refractivity contribution in [3.8, 4) is 11.8 Å². The second kappa shape index (κ2) is 6.19. The Bertz CT molecular complexity index is 747. The molecule has 2 rings (SSSR count). The van der Waals surface area contributed by atoms with Crippen LogP contribution < -0.4 is 10.5 Å². The Balaban J connectivity index is 2.30. The quantitative estimate of drug-likeness (QED) is 0.830. The molecule has 3 N–H and O–H groups in total. The second-order valence-corrected chi connectivity index (χ2v) is 5.56. The summed E-state index contributed by atoms with van der Waals surface area (Å²) in [4.78, 5) is 4.00. The van der Waals surface area contributed by atoms with Crippen LogP contribution in [0.4, 0.5) is 5.69 Å². The first-order chi connectivity index (χ1) is 9.62. The second-order valence-electron chi connectivity index (χ2n) is 3.88. The van der Waals surface area contributed by atoms with E-state index in [1.54, 1.807) is 30.5 Å². The van der Waals surface area contributed by atoms with Crippen LogP contribution in [0.25, 0.3) is 0 Å². The van der Waals surface area contributed by atoms with Crippen molar-refractivity contribution in [2.45, 2.75) is 4.90 Å². The molecule has 0 fully saturated rings. The van der Waals surface area contributed by atoms with Gasteiger partial charge in [0.2, 0.25) is 0 Å². The standard InChI is InChI=1S/C14H13N3O2S/c15-8-2-5-12-4-1-7-14(10-12)20(18,19)17-13-6-3-9-16-11-13/h1,3-4,6-7,9-11,17H,8,15H2. The Hall–Kier alpha value is -2.36. The molecular formula is C14H13N3O2S. The van der Waals surface area contributed by atoms with E-state index in [0.29, 0.717) is 11.3 Å². The molecule has 0 radical (unpaired) electrons. The van der Waals surface area contributed by atoms with Gasteiger partial charge in [0, 0.05) is 11.8 Å². The van der Waals surface area contributed by atoms with Crippen LogP contribution >= 0.6 is 0 Å². The summed E-state index contributed by atoms with van der Waals surface area (Å²) in [5, 5.41) is 0. The van der Waals surface area contributed by atoms with E-state index in [1.807, 2.05) is 0 Å². The smallest absolute Gasteiger partial charge is 0.261 e. The van der Waals surface area contributed by atoms with Gasteiger partial charge in [0.15, 0.2) is 0 Å². The molecule has 0 saturated carbocycles. The number of nitrogens with two attached hydrogens (primary N) is 1. The van der Waals surface area contributed by atoms with E-state index in [-0.39, 0.29) is 11.4 Å². The summed E-state index contributed by atoms with van der Waals surface area (Å²) in [5.74, 6) is 5.49. The predicted octanol–water partition coefficient (Wildman–Crippen LogP) is 1.19. The van der Waals surface area contributed by atoms with Crippen molar-refractivity contribution in [3.05, 3.63) is 54.4 Å². The molecule has 102 valence electrons. The topological polar surface area (TPSA) is 85.1 Å². The first-order valence-corrected chi connectivity index (χ1v) is 7.32. The predicted molar refractivity (Wildman–Crippen MR) is 77.4 cm³/mol. The van der Waals surface area contributed by atoms with E-state index in [0.717, 1.165) is 0 Å². The zero-order chi connectivity index (χ0) is 14.4. The number of sulfonamides is 1. The third-order valence-electron chi connectivity index (χ3n) is 2.39. The minimum Gasteiger partial charge on any atom is -0.320 e. The average Bonchev–Trinajstić information content (AvgIpc) is 2.46. The highest BCUT2D eigenvalue weighted by molar-refractivity contribution is 7.92. The summed E-state index contributed by atoms with van der Waals surface area (Å²) in [6, 6.07) is 9.65. The summed E-state index contributed by atoms with van der Waals surface area (Å²) in [7, 11) is -3.65. The van der Waals surface area contributed by atoms with Crippen LogP contribution in [-0.4, -0.2) is 19.9 Å². The number of anilines is 1. The van der Waals surface area contributed by atoms with Crippen LogP contribution in [-0.2, 0) is 10.0 Å². The largest absolute Gasteiger partial charge is 0.320 e. The molecule has 1 aromatic heterocycles. The number of hydrogen-bond donors (Lipinski definition) is 2. The highest BCUT2D eigenvalue weighted by Crippen LogP contribution is 2.15. The zero-order valence-corrected chi connectivity index (χ0v) is 11.4. The van der Waals surface area contributed by atoms with Crippen molar-refractivity contribution < 1.29 is 8.42 Å². The Kier molecular flexibility index (Phi) is 4.35. The minimum absolute atomic E-state index is 0.144. The van der Waals surface area contributed by atoms with E-state index >= 15 is 0 Å². The first-order valence-electron chi connectivity index (χ1n) is 5.84. The Labute approximate surface area is 117 Å². The highest BCUT2D eigenvalue weighted by Gasteiger charge is 2.14. The normalized spacial score (nSPS) is 10.4.